The predicted octanol–water partition coefficient (Wildman–Crippen LogP) is 5.82. The Bertz CT molecular complexity index is 1140. The van der Waals surface area contributed by atoms with E-state index >= 15 is 0 Å². The van der Waals surface area contributed by atoms with Crippen molar-refractivity contribution in [3.05, 3.63) is 70.5 Å². The molecule has 2 aromatic heterocycles. The van der Waals surface area contributed by atoms with Gasteiger partial charge in [-0.25, -0.2) is 9.97 Å². The molecule has 4 rings (SSSR count). The van der Waals surface area contributed by atoms with Gasteiger partial charge in [-0.05, 0) is 67.4 Å². The van der Waals surface area contributed by atoms with E-state index < -0.39 is 0 Å². The molecule has 0 unspecified atom stereocenters. The lowest BCUT2D eigenvalue weighted by atomic mass is 10.1. The van der Waals surface area contributed by atoms with E-state index in [1.807, 2.05) is 30.3 Å². The van der Waals surface area contributed by atoms with E-state index in [9.17, 15) is 0 Å². The van der Waals surface area contributed by atoms with Crippen LogP contribution in [0.4, 0.5) is 11.5 Å². The van der Waals surface area contributed by atoms with Crippen molar-refractivity contribution in [1.29, 1.82) is 0 Å². The van der Waals surface area contributed by atoms with Crippen LogP contribution in [-0.4, -0.2) is 22.1 Å². The quantitative estimate of drug-likeness (QED) is 0.438. The number of nitrogens with one attached hydrogen (secondary N) is 1. The summed E-state index contributed by atoms with van der Waals surface area (Å²) in [7, 11) is 1.65. The second-order valence-corrected chi connectivity index (χ2v) is 7.48. The molecule has 140 valence electrons. The van der Waals surface area contributed by atoms with Crippen molar-refractivity contribution in [2.45, 2.75) is 13.8 Å². The van der Waals surface area contributed by atoms with E-state index in [0.717, 1.165) is 49.3 Å². The molecular weight excluding hydrogens is 416 g/mol. The minimum Gasteiger partial charge on any atom is -0.497 e. The second-order valence-electron chi connectivity index (χ2n) is 6.56. The molecule has 0 aliphatic carbocycles. The van der Waals surface area contributed by atoms with Gasteiger partial charge in [-0.3, -0.25) is 4.98 Å². The Kier molecular flexibility index (Phi) is 4.96. The number of ether oxygens (including phenoxy) is 1. The molecular formula is C22H19BrN4O. The third-order valence-corrected chi connectivity index (χ3v) is 5.02. The highest BCUT2D eigenvalue weighted by Crippen LogP contribution is 2.33. The summed E-state index contributed by atoms with van der Waals surface area (Å²) >= 11 is 3.56. The zero-order chi connectivity index (χ0) is 19.7. The van der Waals surface area contributed by atoms with E-state index in [0.29, 0.717) is 5.82 Å². The molecule has 28 heavy (non-hydrogen) atoms. The fraction of sp³-hybridized carbons (Fsp3) is 0.136. The Morgan fingerprint density at radius 2 is 1.79 bits per heavy atom. The SMILES string of the molecule is COc1ccc2nc(-c3cccnc3)nc(Nc3c(C)cc(Br)cc3C)c2c1. The lowest BCUT2D eigenvalue weighted by Gasteiger charge is -2.16. The summed E-state index contributed by atoms with van der Waals surface area (Å²) in [6.45, 7) is 4.15. The highest BCUT2D eigenvalue weighted by molar-refractivity contribution is 9.10. The summed E-state index contributed by atoms with van der Waals surface area (Å²) in [5.74, 6) is 2.12. The smallest absolute Gasteiger partial charge is 0.163 e. The first kappa shape index (κ1) is 18.4. The van der Waals surface area contributed by atoms with Crippen molar-refractivity contribution >= 4 is 38.3 Å². The van der Waals surface area contributed by atoms with Crippen LogP contribution in [-0.2, 0) is 0 Å². The number of pyridine rings is 1. The van der Waals surface area contributed by atoms with Gasteiger partial charge in [-0.2, -0.15) is 0 Å². The maximum atomic E-state index is 5.41. The van der Waals surface area contributed by atoms with Crippen molar-refractivity contribution in [2.24, 2.45) is 0 Å². The van der Waals surface area contributed by atoms with E-state index in [-0.39, 0.29) is 0 Å². The standard InChI is InChI=1S/C22H19BrN4O/c1-13-9-16(23)10-14(2)20(13)26-22-18-11-17(28-3)6-7-19(18)25-21(27-22)15-5-4-8-24-12-15/h4-12H,1-3H3,(H,25,26,27). The van der Waals surface area contributed by atoms with Gasteiger partial charge in [-0.15, -0.1) is 0 Å². The van der Waals surface area contributed by atoms with E-state index in [1.165, 1.54) is 0 Å². The second kappa shape index (κ2) is 7.56. The Balaban J connectivity index is 1.92. The number of nitrogens with zero attached hydrogens (tertiary/aromatic N) is 3. The Morgan fingerprint density at radius 3 is 2.46 bits per heavy atom. The summed E-state index contributed by atoms with van der Waals surface area (Å²) < 4.78 is 6.46. The van der Waals surface area contributed by atoms with Gasteiger partial charge < -0.3 is 10.1 Å². The van der Waals surface area contributed by atoms with Crippen LogP contribution < -0.4 is 10.1 Å². The fourth-order valence-corrected chi connectivity index (χ4v) is 3.87. The molecule has 4 aromatic rings. The minimum atomic E-state index is 0.626. The van der Waals surface area contributed by atoms with Crippen LogP contribution in [0.2, 0.25) is 0 Å². The molecule has 2 heterocycles. The van der Waals surface area contributed by atoms with Crippen molar-refractivity contribution in [2.75, 3.05) is 12.4 Å². The molecule has 0 aliphatic rings. The van der Waals surface area contributed by atoms with Crippen molar-refractivity contribution < 1.29 is 4.74 Å². The van der Waals surface area contributed by atoms with Gasteiger partial charge in [0.25, 0.3) is 0 Å². The zero-order valence-electron chi connectivity index (χ0n) is 15.8. The molecule has 0 radical (unpaired) electrons. The lowest BCUT2D eigenvalue weighted by molar-refractivity contribution is 0.415. The molecule has 0 bridgehead atoms. The van der Waals surface area contributed by atoms with Crippen LogP contribution in [0.5, 0.6) is 5.75 Å². The van der Waals surface area contributed by atoms with Gasteiger partial charge >= 0.3 is 0 Å². The number of hydrogen-bond acceptors (Lipinski definition) is 5. The fourth-order valence-electron chi connectivity index (χ4n) is 3.18. The van der Waals surface area contributed by atoms with Crippen molar-refractivity contribution in [1.82, 2.24) is 15.0 Å². The average Bonchev–Trinajstić information content (AvgIpc) is 2.70. The number of benzene rings is 2. The molecule has 2 aromatic carbocycles. The van der Waals surface area contributed by atoms with Crippen LogP contribution in [0, 0.1) is 13.8 Å². The number of fused-ring (bicyclic) bond motifs is 1. The van der Waals surface area contributed by atoms with Crippen LogP contribution >= 0.6 is 15.9 Å². The Morgan fingerprint density at radius 1 is 1.00 bits per heavy atom. The molecule has 6 heteroatoms. The van der Waals surface area contributed by atoms with Gasteiger partial charge in [0.2, 0.25) is 0 Å². The number of rotatable bonds is 4. The first-order valence-corrected chi connectivity index (χ1v) is 9.64. The number of aromatic nitrogens is 3. The van der Waals surface area contributed by atoms with Gasteiger partial charge in [0.05, 0.1) is 12.6 Å². The van der Waals surface area contributed by atoms with Gasteiger partial charge in [0.1, 0.15) is 11.6 Å². The molecule has 0 atom stereocenters. The molecule has 0 spiro atoms. The van der Waals surface area contributed by atoms with E-state index in [4.69, 9.17) is 14.7 Å². The first-order valence-electron chi connectivity index (χ1n) is 8.85. The molecule has 0 aliphatic heterocycles. The highest BCUT2D eigenvalue weighted by atomic mass is 79.9. The lowest BCUT2D eigenvalue weighted by Crippen LogP contribution is -2.02. The predicted molar refractivity (Wildman–Crippen MR) is 116 cm³/mol. The summed E-state index contributed by atoms with van der Waals surface area (Å²) in [4.78, 5) is 13.7. The van der Waals surface area contributed by atoms with Crippen molar-refractivity contribution in [3.63, 3.8) is 0 Å². The summed E-state index contributed by atoms with van der Waals surface area (Å²) in [6, 6.07) is 13.8. The number of anilines is 2. The largest absolute Gasteiger partial charge is 0.497 e. The topological polar surface area (TPSA) is 59.9 Å². The first-order chi connectivity index (χ1) is 13.5. The normalized spacial score (nSPS) is 10.9. The number of aryl methyl sites for hydroxylation is 2. The van der Waals surface area contributed by atoms with Gasteiger partial charge in [-0.1, -0.05) is 15.9 Å². The van der Waals surface area contributed by atoms with Gasteiger partial charge in [0, 0.05) is 33.5 Å². The maximum absolute atomic E-state index is 5.41. The van der Waals surface area contributed by atoms with E-state index in [1.54, 1.807) is 19.5 Å². The molecule has 0 fully saturated rings. The molecule has 0 amide bonds. The van der Waals surface area contributed by atoms with Crippen molar-refractivity contribution in [3.8, 4) is 17.1 Å². The number of hydrogen-bond donors (Lipinski definition) is 1. The molecule has 0 saturated heterocycles. The van der Waals surface area contributed by atoms with Crippen LogP contribution in [0.1, 0.15) is 11.1 Å². The summed E-state index contributed by atoms with van der Waals surface area (Å²) in [5, 5.41) is 4.42. The maximum Gasteiger partial charge on any atom is 0.163 e. The highest BCUT2D eigenvalue weighted by Gasteiger charge is 2.13. The minimum absolute atomic E-state index is 0.626. The monoisotopic (exact) mass is 434 g/mol. The third-order valence-electron chi connectivity index (χ3n) is 4.56. The molecule has 5 nitrogen and oxygen atoms in total. The van der Waals surface area contributed by atoms with Crippen LogP contribution in [0.3, 0.4) is 0 Å². The molecule has 0 saturated carbocycles. The Hall–Kier alpha value is -2.99. The van der Waals surface area contributed by atoms with Crippen LogP contribution in [0.25, 0.3) is 22.3 Å². The van der Waals surface area contributed by atoms with E-state index in [2.05, 4.69) is 52.2 Å². The summed E-state index contributed by atoms with van der Waals surface area (Å²) in [6.07, 6.45) is 3.51. The van der Waals surface area contributed by atoms with Gasteiger partial charge in [0.15, 0.2) is 5.82 Å². The number of halogens is 1. The number of methoxy groups -OCH3 is 1. The third kappa shape index (κ3) is 3.55. The zero-order valence-corrected chi connectivity index (χ0v) is 17.4. The Labute approximate surface area is 172 Å². The molecule has 1 N–H and O–H groups in total. The van der Waals surface area contributed by atoms with Crippen LogP contribution in [0.15, 0.2) is 59.3 Å². The summed E-state index contributed by atoms with van der Waals surface area (Å²) in [5.41, 5.74) is 4.99. The average molecular weight is 435 g/mol.